The molecule has 0 saturated carbocycles. The first-order valence-electron chi connectivity index (χ1n) is 4.72. The Balaban J connectivity index is 3.06. The van der Waals surface area contributed by atoms with Crippen LogP contribution < -0.4 is 4.72 Å². The van der Waals surface area contributed by atoms with Gasteiger partial charge in [0.15, 0.2) is 5.25 Å². The third-order valence-corrected chi connectivity index (χ3v) is 4.46. The SMILES string of the molecule is CC(C(=O)O)S(=O)(=O)Nc1ccc(C#N)cc1Br. The fourth-order valence-electron chi connectivity index (χ4n) is 1.04. The van der Waals surface area contributed by atoms with Crippen LogP contribution in [0.1, 0.15) is 12.5 Å². The molecule has 18 heavy (non-hydrogen) atoms. The molecule has 96 valence electrons. The first-order chi connectivity index (χ1) is 8.27. The van der Waals surface area contributed by atoms with E-state index in [0.717, 1.165) is 6.92 Å². The average Bonchev–Trinajstić information content (AvgIpc) is 2.30. The van der Waals surface area contributed by atoms with Gasteiger partial charge in [-0.2, -0.15) is 5.26 Å². The van der Waals surface area contributed by atoms with E-state index in [-0.39, 0.29) is 5.69 Å². The second-order valence-corrected chi connectivity index (χ2v) is 6.29. The summed E-state index contributed by atoms with van der Waals surface area (Å²) >= 11 is 3.10. The molecular weight excluding hydrogens is 324 g/mol. The minimum Gasteiger partial charge on any atom is -0.480 e. The van der Waals surface area contributed by atoms with E-state index in [0.29, 0.717) is 10.0 Å². The number of carboxylic acids is 1. The molecule has 1 aromatic carbocycles. The van der Waals surface area contributed by atoms with E-state index in [9.17, 15) is 13.2 Å². The summed E-state index contributed by atoms with van der Waals surface area (Å²) in [5, 5.41) is 15.8. The van der Waals surface area contributed by atoms with Crippen LogP contribution in [0.25, 0.3) is 0 Å². The van der Waals surface area contributed by atoms with Gasteiger partial charge in [-0.1, -0.05) is 0 Å². The predicted molar refractivity (Wildman–Crippen MR) is 68.5 cm³/mol. The molecule has 1 atom stereocenters. The van der Waals surface area contributed by atoms with Gasteiger partial charge < -0.3 is 5.11 Å². The van der Waals surface area contributed by atoms with Crippen LogP contribution in [-0.4, -0.2) is 24.7 Å². The average molecular weight is 333 g/mol. The number of nitrogens with one attached hydrogen (secondary N) is 1. The van der Waals surface area contributed by atoms with E-state index in [4.69, 9.17) is 10.4 Å². The Hall–Kier alpha value is -1.59. The molecule has 0 heterocycles. The maximum atomic E-state index is 11.7. The molecule has 6 nitrogen and oxygen atoms in total. The predicted octanol–water partition coefficient (Wildman–Crippen LogP) is 1.54. The number of halogens is 1. The summed E-state index contributed by atoms with van der Waals surface area (Å²) in [7, 11) is -4.02. The highest BCUT2D eigenvalue weighted by Gasteiger charge is 2.28. The van der Waals surface area contributed by atoms with Crippen molar-refractivity contribution in [2.24, 2.45) is 0 Å². The third-order valence-electron chi connectivity index (χ3n) is 2.16. The van der Waals surface area contributed by atoms with Gasteiger partial charge in [0, 0.05) is 4.47 Å². The van der Waals surface area contributed by atoms with Gasteiger partial charge in [0.05, 0.1) is 17.3 Å². The minimum absolute atomic E-state index is 0.183. The number of carboxylic acid groups (broad SMARTS) is 1. The lowest BCUT2D eigenvalue weighted by Gasteiger charge is -2.12. The zero-order valence-corrected chi connectivity index (χ0v) is 11.6. The monoisotopic (exact) mass is 332 g/mol. The zero-order chi connectivity index (χ0) is 13.9. The van der Waals surface area contributed by atoms with Crippen LogP contribution >= 0.6 is 15.9 Å². The smallest absolute Gasteiger partial charge is 0.323 e. The van der Waals surface area contributed by atoms with Crippen molar-refractivity contribution in [1.29, 1.82) is 5.26 Å². The van der Waals surface area contributed by atoms with Crippen molar-refractivity contribution in [2.75, 3.05) is 4.72 Å². The Morgan fingerprint density at radius 1 is 1.56 bits per heavy atom. The van der Waals surface area contributed by atoms with Crippen LogP contribution in [0, 0.1) is 11.3 Å². The number of sulfonamides is 1. The zero-order valence-electron chi connectivity index (χ0n) is 9.21. The van der Waals surface area contributed by atoms with Crippen molar-refractivity contribution in [3.05, 3.63) is 28.2 Å². The van der Waals surface area contributed by atoms with E-state index in [1.807, 2.05) is 6.07 Å². The third kappa shape index (κ3) is 3.21. The summed E-state index contributed by atoms with van der Waals surface area (Å²) in [5.74, 6) is -1.44. The van der Waals surface area contributed by atoms with Gasteiger partial charge in [-0.05, 0) is 41.1 Å². The van der Waals surface area contributed by atoms with Crippen molar-refractivity contribution in [2.45, 2.75) is 12.2 Å². The molecule has 0 aliphatic carbocycles. The standard InChI is InChI=1S/C10H9BrN2O4S/c1-6(10(14)15)18(16,17)13-9-3-2-7(5-12)4-8(9)11/h2-4,6,13H,1H3,(H,14,15). The Labute approximate surface area is 112 Å². The maximum Gasteiger partial charge on any atom is 0.323 e. The number of carbonyl (C=O) groups is 1. The molecule has 1 aromatic rings. The second kappa shape index (κ2) is 5.37. The molecular formula is C10H9BrN2O4S. The first kappa shape index (κ1) is 14.5. The number of hydrogen-bond donors (Lipinski definition) is 2. The highest BCUT2D eigenvalue weighted by molar-refractivity contribution is 9.10. The molecule has 0 aliphatic heterocycles. The van der Waals surface area contributed by atoms with Crippen LogP contribution in [-0.2, 0) is 14.8 Å². The molecule has 0 aliphatic rings. The summed E-state index contributed by atoms with van der Waals surface area (Å²) in [6.45, 7) is 1.07. The molecule has 0 radical (unpaired) electrons. The van der Waals surface area contributed by atoms with Gasteiger partial charge >= 0.3 is 5.97 Å². The quantitative estimate of drug-likeness (QED) is 0.869. The summed E-state index contributed by atoms with van der Waals surface area (Å²) in [6.07, 6.45) is 0. The van der Waals surface area contributed by atoms with E-state index >= 15 is 0 Å². The molecule has 2 N–H and O–H groups in total. The lowest BCUT2D eigenvalue weighted by atomic mass is 10.2. The van der Waals surface area contributed by atoms with Crippen LogP contribution in [0.15, 0.2) is 22.7 Å². The molecule has 1 unspecified atom stereocenters. The van der Waals surface area contributed by atoms with Gasteiger partial charge in [0.25, 0.3) is 0 Å². The number of benzene rings is 1. The maximum absolute atomic E-state index is 11.7. The Morgan fingerprint density at radius 3 is 2.61 bits per heavy atom. The lowest BCUT2D eigenvalue weighted by Crippen LogP contribution is -2.32. The summed E-state index contributed by atoms with van der Waals surface area (Å²) in [4.78, 5) is 10.6. The molecule has 8 heteroatoms. The van der Waals surface area contributed by atoms with Crippen molar-refractivity contribution in [3.63, 3.8) is 0 Å². The Bertz CT molecular complexity index is 621. The fourth-order valence-corrected chi connectivity index (χ4v) is 2.58. The summed E-state index contributed by atoms with van der Waals surface area (Å²) < 4.78 is 25.9. The van der Waals surface area contributed by atoms with Crippen molar-refractivity contribution < 1.29 is 18.3 Å². The minimum atomic E-state index is -4.02. The molecule has 0 bridgehead atoms. The second-order valence-electron chi connectivity index (χ2n) is 3.43. The van der Waals surface area contributed by atoms with Crippen LogP contribution in [0.2, 0.25) is 0 Å². The molecule has 0 spiro atoms. The summed E-state index contributed by atoms with van der Waals surface area (Å²) in [5.41, 5.74) is 0.540. The number of nitriles is 1. The Kier molecular flexibility index (Phi) is 4.32. The van der Waals surface area contributed by atoms with Gasteiger partial charge in [-0.15, -0.1) is 0 Å². The number of rotatable bonds is 4. The van der Waals surface area contributed by atoms with E-state index in [1.165, 1.54) is 18.2 Å². The number of nitrogens with zero attached hydrogens (tertiary/aromatic N) is 1. The molecule has 0 amide bonds. The van der Waals surface area contributed by atoms with Crippen molar-refractivity contribution in [3.8, 4) is 6.07 Å². The molecule has 0 fully saturated rings. The topological polar surface area (TPSA) is 107 Å². The number of hydrogen-bond acceptors (Lipinski definition) is 4. The highest BCUT2D eigenvalue weighted by Crippen LogP contribution is 2.25. The van der Waals surface area contributed by atoms with Crippen LogP contribution in [0.5, 0.6) is 0 Å². The fraction of sp³-hybridized carbons (Fsp3) is 0.200. The van der Waals surface area contributed by atoms with Crippen molar-refractivity contribution >= 4 is 37.6 Å². The normalized spacial score (nSPS) is 12.5. The molecule has 0 aromatic heterocycles. The van der Waals surface area contributed by atoms with E-state index in [2.05, 4.69) is 20.7 Å². The summed E-state index contributed by atoms with van der Waals surface area (Å²) in [6, 6.07) is 6.14. The lowest BCUT2D eigenvalue weighted by molar-refractivity contribution is -0.136. The van der Waals surface area contributed by atoms with E-state index in [1.54, 1.807) is 0 Å². The van der Waals surface area contributed by atoms with Crippen LogP contribution in [0.3, 0.4) is 0 Å². The van der Waals surface area contributed by atoms with Gasteiger partial charge in [-0.3, -0.25) is 9.52 Å². The highest BCUT2D eigenvalue weighted by atomic mass is 79.9. The largest absolute Gasteiger partial charge is 0.480 e. The van der Waals surface area contributed by atoms with E-state index < -0.39 is 21.2 Å². The molecule has 0 saturated heterocycles. The van der Waals surface area contributed by atoms with Gasteiger partial charge in [0.2, 0.25) is 10.0 Å². The number of aliphatic carboxylic acids is 1. The van der Waals surface area contributed by atoms with Gasteiger partial charge in [-0.25, -0.2) is 8.42 Å². The number of anilines is 1. The van der Waals surface area contributed by atoms with Gasteiger partial charge in [0.1, 0.15) is 0 Å². The molecule has 1 rings (SSSR count). The first-order valence-corrected chi connectivity index (χ1v) is 7.06. The van der Waals surface area contributed by atoms with Crippen molar-refractivity contribution in [1.82, 2.24) is 0 Å². The Morgan fingerprint density at radius 2 is 2.17 bits per heavy atom. The van der Waals surface area contributed by atoms with Crippen LogP contribution in [0.4, 0.5) is 5.69 Å².